The lowest BCUT2D eigenvalue weighted by molar-refractivity contribution is 0.0158. The second kappa shape index (κ2) is 9.07. The minimum atomic E-state index is -0.521. The van der Waals surface area contributed by atoms with Gasteiger partial charge in [-0.3, -0.25) is 4.79 Å². The van der Waals surface area contributed by atoms with Gasteiger partial charge in [-0.15, -0.1) is 0 Å². The van der Waals surface area contributed by atoms with Gasteiger partial charge in [-0.1, -0.05) is 0 Å². The number of ether oxygens (including phenoxy) is 1. The highest BCUT2D eigenvalue weighted by atomic mass is 16.6. The number of rotatable bonds is 5. The van der Waals surface area contributed by atoms with E-state index in [0.29, 0.717) is 18.1 Å². The molecule has 2 amide bonds. The number of aryl methyl sites for hydroxylation is 2. The molecule has 0 bridgehead atoms. The molecule has 1 aliphatic heterocycles. The zero-order valence-corrected chi connectivity index (χ0v) is 21.5. The van der Waals surface area contributed by atoms with Gasteiger partial charge in [-0.25, -0.2) is 19.7 Å². The Morgan fingerprint density at radius 3 is 2.53 bits per heavy atom. The Morgan fingerprint density at radius 1 is 1.08 bits per heavy atom. The van der Waals surface area contributed by atoms with Crippen LogP contribution in [0.5, 0.6) is 0 Å². The summed E-state index contributed by atoms with van der Waals surface area (Å²) in [7, 11) is 0. The first-order chi connectivity index (χ1) is 17.1. The number of carbonyl (C=O) groups is 2. The average Bonchev–Trinajstić information content (AvgIpc) is 3.38. The smallest absolute Gasteiger partial charge is 0.410 e. The molecule has 5 rings (SSSR count). The monoisotopic (exact) mass is 491 g/mol. The maximum atomic E-state index is 12.8. The number of anilines is 2. The van der Waals surface area contributed by atoms with Crippen LogP contribution in [-0.2, 0) is 4.74 Å². The number of nitrogens with one attached hydrogen (secondary N) is 1. The lowest BCUT2D eigenvalue weighted by atomic mass is 10.2. The van der Waals surface area contributed by atoms with Crippen molar-refractivity contribution in [2.45, 2.75) is 71.6 Å². The Morgan fingerprint density at radius 2 is 1.86 bits per heavy atom. The Kier molecular flexibility index (Phi) is 6.05. The molecule has 190 valence electrons. The first kappa shape index (κ1) is 24.0. The van der Waals surface area contributed by atoms with Crippen LogP contribution in [0.3, 0.4) is 0 Å². The first-order valence-corrected chi connectivity index (χ1v) is 12.4. The molecule has 3 aromatic heterocycles. The Bertz CT molecular complexity index is 1290. The molecule has 10 nitrogen and oxygen atoms in total. The van der Waals surface area contributed by atoms with Crippen molar-refractivity contribution in [3.05, 3.63) is 47.8 Å². The van der Waals surface area contributed by atoms with Crippen LogP contribution in [0.1, 0.15) is 61.8 Å². The van der Waals surface area contributed by atoms with Gasteiger partial charge in [0.25, 0.3) is 5.91 Å². The van der Waals surface area contributed by atoms with Crippen molar-refractivity contribution in [2.24, 2.45) is 0 Å². The molecule has 0 spiro atoms. The second-order valence-electron chi connectivity index (χ2n) is 10.7. The summed E-state index contributed by atoms with van der Waals surface area (Å²) in [6, 6.07) is 2.27. The Hall–Kier alpha value is -3.69. The predicted molar refractivity (Wildman–Crippen MR) is 136 cm³/mol. The molecule has 0 aromatic carbocycles. The molecule has 3 aromatic rings. The molecule has 1 saturated heterocycles. The quantitative estimate of drug-likeness (QED) is 0.576. The van der Waals surface area contributed by atoms with E-state index >= 15 is 0 Å². The summed E-state index contributed by atoms with van der Waals surface area (Å²) >= 11 is 0. The molecular formula is C26H33N7O3. The van der Waals surface area contributed by atoms with Crippen molar-refractivity contribution in [1.82, 2.24) is 24.3 Å². The maximum Gasteiger partial charge on any atom is 0.410 e. The summed E-state index contributed by atoms with van der Waals surface area (Å²) in [5.74, 6) is 0.373. The van der Waals surface area contributed by atoms with Gasteiger partial charge in [-0.2, -0.15) is 0 Å². The number of hydrogen-bond donors (Lipinski definition) is 1. The van der Waals surface area contributed by atoms with Crippen LogP contribution >= 0.6 is 0 Å². The van der Waals surface area contributed by atoms with E-state index in [9.17, 15) is 9.59 Å². The third-order valence-corrected chi connectivity index (χ3v) is 6.46. The van der Waals surface area contributed by atoms with Gasteiger partial charge in [0.15, 0.2) is 0 Å². The zero-order valence-electron chi connectivity index (χ0n) is 21.5. The average molecular weight is 492 g/mol. The van der Waals surface area contributed by atoms with Gasteiger partial charge in [0.1, 0.15) is 22.8 Å². The van der Waals surface area contributed by atoms with Crippen molar-refractivity contribution in [3.8, 4) is 0 Å². The molecule has 10 heteroatoms. The molecule has 1 saturated carbocycles. The van der Waals surface area contributed by atoms with Gasteiger partial charge in [0, 0.05) is 31.5 Å². The van der Waals surface area contributed by atoms with Crippen LogP contribution in [0, 0.1) is 13.8 Å². The van der Waals surface area contributed by atoms with Crippen LogP contribution < -0.4 is 10.2 Å². The van der Waals surface area contributed by atoms with Crippen molar-refractivity contribution in [1.29, 1.82) is 0 Å². The van der Waals surface area contributed by atoms with Gasteiger partial charge in [-0.05, 0) is 65.5 Å². The summed E-state index contributed by atoms with van der Waals surface area (Å²) in [5.41, 5.74) is 3.08. The summed E-state index contributed by atoms with van der Waals surface area (Å²) < 4.78 is 7.56. The Balaban J connectivity index is 1.24. The summed E-state index contributed by atoms with van der Waals surface area (Å²) in [6.45, 7) is 11.0. The van der Waals surface area contributed by atoms with E-state index < -0.39 is 5.60 Å². The van der Waals surface area contributed by atoms with Crippen LogP contribution in [0.4, 0.5) is 16.3 Å². The molecule has 1 atom stereocenters. The minimum Gasteiger partial charge on any atom is -0.444 e. The highest BCUT2D eigenvalue weighted by Crippen LogP contribution is 2.33. The van der Waals surface area contributed by atoms with E-state index in [1.807, 2.05) is 62.4 Å². The lowest BCUT2D eigenvalue weighted by Crippen LogP contribution is -2.46. The number of aromatic nitrogens is 4. The standard InChI is InChI=1S/C26H33N7O3/c1-16-10-22-29-17(2)13-32(22)15-21(16)30-24(34)20-11-28-23(12-27-20)31-9-8-19(14-31)33(18-6-7-18)25(35)36-26(3,4)5/h10-13,15,18-19H,6-9,14H2,1-5H3,(H,30,34). The highest BCUT2D eigenvalue weighted by molar-refractivity contribution is 6.03. The molecule has 2 fully saturated rings. The fraction of sp³-hybridized carbons (Fsp3) is 0.500. The third-order valence-electron chi connectivity index (χ3n) is 6.46. The summed E-state index contributed by atoms with van der Waals surface area (Å²) in [4.78, 5) is 43.1. The van der Waals surface area contributed by atoms with E-state index in [-0.39, 0.29) is 29.8 Å². The fourth-order valence-corrected chi connectivity index (χ4v) is 4.62. The number of nitrogens with zero attached hydrogens (tertiary/aromatic N) is 6. The lowest BCUT2D eigenvalue weighted by Gasteiger charge is -2.31. The fourth-order valence-electron chi connectivity index (χ4n) is 4.62. The normalized spacial score (nSPS) is 17.9. The Labute approximate surface area is 210 Å². The van der Waals surface area contributed by atoms with Gasteiger partial charge in [0.2, 0.25) is 0 Å². The summed E-state index contributed by atoms with van der Waals surface area (Å²) in [6.07, 6.45) is 9.53. The van der Waals surface area contributed by atoms with Crippen LogP contribution in [0.25, 0.3) is 5.65 Å². The van der Waals surface area contributed by atoms with Crippen LogP contribution in [-0.4, -0.2) is 67.0 Å². The molecular weight excluding hydrogens is 458 g/mol. The van der Waals surface area contributed by atoms with E-state index in [0.717, 1.165) is 42.7 Å². The molecule has 1 N–H and O–H groups in total. The zero-order chi connectivity index (χ0) is 25.6. The molecule has 4 heterocycles. The predicted octanol–water partition coefficient (Wildman–Crippen LogP) is 3.97. The van der Waals surface area contributed by atoms with Crippen LogP contribution in [0.15, 0.2) is 30.9 Å². The number of carbonyl (C=O) groups excluding carboxylic acids is 2. The van der Waals surface area contributed by atoms with Crippen LogP contribution in [0.2, 0.25) is 0 Å². The van der Waals surface area contributed by atoms with Gasteiger partial charge >= 0.3 is 6.09 Å². The third kappa shape index (κ3) is 5.12. The molecule has 0 radical (unpaired) electrons. The molecule has 2 aliphatic rings. The first-order valence-electron chi connectivity index (χ1n) is 12.4. The van der Waals surface area contributed by atoms with E-state index in [4.69, 9.17) is 4.74 Å². The SMILES string of the molecule is Cc1cn2cc(NC(=O)c3cnc(N4CCC(N(C(=O)OC(C)(C)C)C5CC5)C4)cn3)c(C)cc2n1. The van der Waals surface area contributed by atoms with Gasteiger partial charge < -0.3 is 24.3 Å². The number of amides is 2. The highest BCUT2D eigenvalue weighted by Gasteiger charge is 2.42. The van der Waals surface area contributed by atoms with E-state index in [1.165, 1.54) is 6.20 Å². The van der Waals surface area contributed by atoms with Crippen molar-refractivity contribution >= 4 is 29.2 Å². The molecule has 1 aliphatic carbocycles. The number of imidazole rings is 1. The van der Waals surface area contributed by atoms with Crippen molar-refractivity contribution in [3.63, 3.8) is 0 Å². The maximum absolute atomic E-state index is 12.8. The number of hydrogen-bond acceptors (Lipinski definition) is 7. The van der Waals surface area contributed by atoms with Crippen molar-refractivity contribution < 1.29 is 14.3 Å². The molecule has 1 unspecified atom stereocenters. The van der Waals surface area contributed by atoms with E-state index in [1.54, 1.807) is 6.20 Å². The number of fused-ring (bicyclic) bond motifs is 1. The minimum absolute atomic E-state index is 0.0711. The van der Waals surface area contributed by atoms with Crippen molar-refractivity contribution in [2.75, 3.05) is 23.3 Å². The number of pyridine rings is 1. The topological polar surface area (TPSA) is 105 Å². The second-order valence-corrected chi connectivity index (χ2v) is 10.7. The van der Waals surface area contributed by atoms with E-state index in [2.05, 4.69) is 25.2 Å². The summed E-state index contributed by atoms with van der Waals surface area (Å²) in [5, 5.41) is 2.93. The van der Waals surface area contributed by atoms with Gasteiger partial charge in [0.05, 0.1) is 29.8 Å². The molecule has 36 heavy (non-hydrogen) atoms. The largest absolute Gasteiger partial charge is 0.444 e.